The molecular formula is C29H33FN2O2S. The van der Waals surface area contributed by atoms with Crippen molar-refractivity contribution >= 4 is 23.6 Å². The second-order valence-corrected chi connectivity index (χ2v) is 10.7. The summed E-state index contributed by atoms with van der Waals surface area (Å²) in [6.45, 7) is 6.00. The number of benzene rings is 3. The van der Waals surface area contributed by atoms with E-state index in [0.29, 0.717) is 12.2 Å². The van der Waals surface area contributed by atoms with E-state index in [9.17, 15) is 14.0 Å². The normalized spacial score (nSPS) is 12.1. The first kappa shape index (κ1) is 26.5. The van der Waals surface area contributed by atoms with Crippen molar-refractivity contribution in [3.05, 3.63) is 102 Å². The van der Waals surface area contributed by atoms with E-state index in [2.05, 4.69) is 5.32 Å². The zero-order valence-corrected chi connectivity index (χ0v) is 21.4. The van der Waals surface area contributed by atoms with Gasteiger partial charge in [-0.25, -0.2) is 4.39 Å². The Kier molecular flexibility index (Phi) is 9.49. The Morgan fingerprint density at radius 1 is 0.886 bits per heavy atom. The van der Waals surface area contributed by atoms with Crippen LogP contribution >= 0.6 is 11.8 Å². The first-order valence-corrected chi connectivity index (χ1v) is 12.8. The quantitative estimate of drug-likeness (QED) is 0.361. The third kappa shape index (κ3) is 8.87. The number of carbonyl (C=O) groups excluding carboxylic acids is 2. The Balaban J connectivity index is 1.86. The molecule has 6 heteroatoms. The van der Waals surface area contributed by atoms with Crippen molar-refractivity contribution in [2.24, 2.45) is 0 Å². The number of nitrogens with zero attached hydrogens (tertiary/aromatic N) is 1. The number of carbonyl (C=O) groups is 2. The summed E-state index contributed by atoms with van der Waals surface area (Å²) in [5, 5.41) is 3.05. The molecule has 0 aliphatic heterocycles. The van der Waals surface area contributed by atoms with Gasteiger partial charge in [0.25, 0.3) is 0 Å². The molecule has 0 spiro atoms. The van der Waals surface area contributed by atoms with E-state index in [4.69, 9.17) is 0 Å². The number of hydrogen-bond donors (Lipinski definition) is 1. The van der Waals surface area contributed by atoms with Crippen LogP contribution in [0.25, 0.3) is 0 Å². The van der Waals surface area contributed by atoms with Crippen LogP contribution in [0.1, 0.15) is 38.3 Å². The third-order valence-electron chi connectivity index (χ3n) is 5.36. The number of halogens is 1. The van der Waals surface area contributed by atoms with Gasteiger partial charge in [-0.3, -0.25) is 9.59 Å². The van der Waals surface area contributed by atoms with Crippen LogP contribution < -0.4 is 5.32 Å². The summed E-state index contributed by atoms with van der Waals surface area (Å²) in [5.74, 6) is -0.0469. The smallest absolute Gasteiger partial charge is 0.243 e. The van der Waals surface area contributed by atoms with Gasteiger partial charge in [-0.05, 0) is 56.2 Å². The molecular weight excluding hydrogens is 459 g/mol. The molecule has 184 valence electrons. The first-order valence-electron chi connectivity index (χ1n) is 11.8. The lowest BCUT2D eigenvalue weighted by Gasteiger charge is -2.34. The maximum atomic E-state index is 13.6. The van der Waals surface area contributed by atoms with Gasteiger partial charge in [0.05, 0.1) is 0 Å². The van der Waals surface area contributed by atoms with Gasteiger partial charge < -0.3 is 10.2 Å². The van der Waals surface area contributed by atoms with E-state index >= 15 is 0 Å². The number of amides is 2. The predicted molar refractivity (Wildman–Crippen MR) is 141 cm³/mol. The molecule has 0 heterocycles. The van der Waals surface area contributed by atoms with E-state index < -0.39 is 11.6 Å². The van der Waals surface area contributed by atoms with Gasteiger partial charge in [0, 0.05) is 35.6 Å². The fraction of sp³-hybridized carbons (Fsp3) is 0.310. The van der Waals surface area contributed by atoms with Crippen molar-refractivity contribution < 1.29 is 14.0 Å². The second-order valence-electron chi connectivity index (χ2n) is 9.50. The van der Waals surface area contributed by atoms with E-state index in [1.165, 1.54) is 12.1 Å². The Morgan fingerprint density at radius 3 is 2.09 bits per heavy atom. The molecule has 0 unspecified atom stereocenters. The van der Waals surface area contributed by atoms with Crippen LogP contribution in [0, 0.1) is 5.82 Å². The molecule has 2 amide bonds. The molecule has 0 aliphatic carbocycles. The molecule has 3 aromatic rings. The van der Waals surface area contributed by atoms with Crippen molar-refractivity contribution in [2.45, 2.75) is 56.6 Å². The Labute approximate surface area is 211 Å². The third-order valence-corrected chi connectivity index (χ3v) is 6.38. The summed E-state index contributed by atoms with van der Waals surface area (Å²) in [4.78, 5) is 29.8. The van der Waals surface area contributed by atoms with Crippen LogP contribution in [0.5, 0.6) is 0 Å². The second kappa shape index (κ2) is 12.5. The van der Waals surface area contributed by atoms with Crippen molar-refractivity contribution in [2.75, 3.05) is 5.75 Å². The van der Waals surface area contributed by atoms with Gasteiger partial charge in [0.1, 0.15) is 11.9 Å². The minimum absolute atomic E-state index is 0.109. The van der Waals surface area contributed by atoms with Crippen LogP contribution in [0.15, 0.2) is 89.8 Å². The van der Waals surface area contributed by atoms with E-state index in [1.807, 2.05) is 81.4 Å². The van der Waals surface area contributed by atoms with Crippen LogP contribution in [0.4, 0.5) is 4.39 Å². The minimum Gasteiger partial charge on any atom is -0.350 e. The lowest BCUT2D eigenvalue weighted by atomic mass is 10.0. The lowest BCUT2D eigenvalue weighted by molar-refractivity contribution is -0.141. The van der Waals surface area contributed by atoms with Gasteiger partial charge in [-0.2, -0.15) is 0 Å². The Morgan fingerprint density at radius 2 is 1.49 bits per heavy atom. The minimum atomic E-state index is -0.698. The highest BCUT2D eigenvalue weighted by molar-refractivity contribution is 7.99. The number of nitrogens with one attached hydrogen (secondary N) is 1. The van der Waals surface area contributed by atoms with Crippen molar-refractivity contribution in [1.29, 1.82) is 0 Å². The van der Waals surface area contributed by atoms with Crippen LogP contribution in [-0.4, -0.2) is 34.0 Å². The van der Waals surface area contributed by atoms with Gasteiger partial charge in [-0.15, -0.1) is 11.8 Å². The highest BCUT2D eigenvalue weighted by Crippen LogP contribution is 2.21. The monoisotopic (exact) mass is 492 g/mol. The summed E-state index contributed by atoms with van der Waals surface area (Å²) in [5.41, 5.74) is 1.30. The van der Waals surface area contributed by atoms with E-state index in [-0.39, 0.29) is 30.6 Å². The van der Waals surface area contributed by atoms with Gasteiger partial charge >= 0.3 is 0 Å². The van der Waals surface area contributed by atoms with E-state index in [1.54, 1.807) is 28.8 Å². The summed E-state index contributed by atoms with van der Waals surface area (Å²) in [7, 11) is 0. The highest BCUT2D eigenvalue weighted by Gasteiger charge is 2.32. The molecule has 0 radical (unpaired) electrons. The Hall–Kier alpha value is -3.12. The molecule has 3 rings (SSSR count). The average molecular weight is 493 g/mol. The lowest BCUT2D eigenvalue weighted by Crippen LogP contribution is -2.54. The SMILES string of the molecule is CC(C)(C)NC(=O)[C@@H](Cc1ccccc1)N(Cc1ccc(F)cc1)C(=O)CCSc1ccccc1. The van der Waals surface area contributed by atoms with Crippen molar-refractivity contribution in [3.63, 3.8) is 0 Å². The zero-order valence-electron chi connectivity index (χ0n) is 20.5. The molecule has 0 saturated heterocycles. The molecule has 0 aromatic heterocycles. The maximum Gasteiger partial charge on any atom is 0.243 e. The molecule has 0 aliphatic rings. The van der Waals surface area contributed by atoms with Gasteiger partial charge in [0.15, 0.2) is 0 Å². The first-order chi connectivity index (χ1) is 16.7. The van der Waals surface area contributed by atoms with Gasteiger partial charge in [-0.1, -0.05) is 60.7 Å². The highest BCUT2D eigenvalue weighted by atomic mass is 32.2. The van der Waals surface area contributed by atoms with Crippen LogP contribution in [0.3, 0.4) is 0 Å². The largest absolute Gasteiger partial charge is 0.350 e. The zero-order chi connectivity index (χ0) is 25.3. The molecule has 35 heavy (non-hydrogen) atoms. The van der Waals surface area contributed by atoms with Crippen LogP contribution in [0.2, 0.25) is 0 Å². The summed E-state index contributed by atoms with van der Waals surface area (Å²) < 4.78 is 13.5. The summed E-state index contributed by atoms with van der Waals surface area (Å²) in [6, 6.07) is 25.0. The fourth-order valence-corrected chi connectivity index (χ4v) is 4.57. The molecule has 0 saturated carbocycles. The standard InChI is InChI=1S/C29H33FN2O2S/c1-29(2,3)31-28(34)26(20-22-10-6-4-7-11-22)32(21-23-14-16-24(30)17-15-23)27(33)18-19-35-25-12-8-5-9-13-25/h4-17,26H,18-21H2,1-3H3,(H,31,34)/t26-/m1/s1. The number of rotatable bonds is 10. The molecule has 0 bridgehead atoms. The Bertz CT molecular complexity index is 1080. The summed E-state index contributed by atoms with van der Waals surface area (Å²) >= 11 is 1.61. The van der Waals surface area contributed by atoms with Crippen LogP contribution in [-0.2, 0) is 22.6 Å². The topological polar surface area (TPSA) is 49.4 Å². The maximum absolute atomic E-state index is 13.6. The molecule has 1 atom stereocenters. The number of hydrogen-bond acceptors (Lipinski definition) is 3. The number of thioether (sulfide) groups is 1. The molecule has 0 fully saturated rings. The molecule has 4 nitrogen and oxygen atoms in total. The predicted octanol–water partition coefficient (Wildman–Crippen LogP) is 5.86. The summed E-state index contributed by atoms with van der Waals surface area (Å²) in [6.07, 6.45) is 0.677. The average Bonchev–Trinajstić information content (AvgIpc) is 2.82. The molecule has 3 aromatic carbocycles. The van der Waals surface area contributed by atoms with Crippen molar-refractivity contribution in [3.8, 4) is 0 Å². The molecule has 1 N–H and O–H groups in total. The fourth-order valence-electron chi connectivity index (χ4n) is 3.71. The van der Waals surface area contributed by atoms with Gasteiger partial charge in [0.2, 0.25) is 11.8 Å². The van der Waals surface area contributed by atoms with Crippen molar-refractivity contribution in [1.82, 2.24) is 10.2 Å². The van der Waals surface area contributed by atoms with E-state index in [0.717, 1.165) is 16.0 Å².